The van der Waals surface area contributed by atoms with Crippen LogP contribution in [0, 0.1) is 0 Å². The SMILES string of the molecule is COc1ccc(OC)c2sc(N3CCN(C(=O)C4Oc5ccccc5OC4C)CC3)nc12. The van der Waals surface area contributed by atoms with E-state index < -0.39 is 6.10 Å². The van der Waals surface area contributed by atoms with Gasteiger partial charge in [0.25, 0.3) is 5.91 Å². The zero-order chi connectivity index (χ0) is 22.2. The smallest absolute Gasteiger partial charge is 0.267 e. The molecule has 1 aromatic heterocycles. The van der Waals surface area contributed by atoms with Gasteiger partial charge in [-0.1, -0.05) is 23.5 Å². The number of nitrogens with zero attached hydrogens (tertiary/aromatic N) is 3. The van der Waals surface area contributed by atoms with Crippen molar-refractivity contribution in [1.29, 1.82) is 0 Å². The summed E-state index contributed by atoms with van der Waals surface area (Å²) in [5, 5.41) is 0.898. The van der Waals surface area contributed by atoms with Crippen LogP contribution in [-0.4, -0.2) is 68.4 Å². The molecule has 3 aromatic rings. The van der Waals surface area contributed by atoms with Crippen LogP contribution in [0.5, 0.6) is 23.0 Å². The van der Waals surface area contributed by atoms with Gasteiger partial charge in [0, 0.05) is 26.2 Å². The first kappa shape index (κ1) is 20.7. The molecule has 0 bridgehead atoms. The van der Waals surface area contributed by atoms with Gasteiger partial charge in [-0.05, 0) is 31.2 Å². The van der Waals surface area contributed by atoms with Gasteiger partial charge in [-0.15, -0.1) is 0 Å². The summed E-state index contributed by atoms with van der Waals surface area (Å²) < 4.78 is 23.8. The molecule has 2 aliphatic heterocycles. The van der Waals surface area contributed by atoms with Gasteiger partial charge in [0.15, 0.2) is 16.6 Å². The van der Waals surface area contributed by atoms with Crippen molar-refractivity contribution in [2.75, 3.05) is 45.3 Å². The Morgan fingerprint density at radius 3 is 2.34 bits per heavy atom. The summed E-state index contributed by atoms with van der Waals surface area (Å²) >= 11 is 1.58. The van der Waals surface area contributed by atoms with Gasteiger partial charge in [-0.2, -0.15) is 0 Å². The summed E-state index contributed by atoms with van der Waals surface area (Å²) in [7, 11) is 3.29. The van der Waals surface area contributed by atoms with Gasteiger partial charge >= 0.3 is 0 Å². The summed E-state index contributed by atoms with van der Waals surface area (Å²) in [5.74, 6) is 2.75. The molecule has 8 nitrogen and oxygen atoms in total. The third kappa shape index (κ3) is 3.56. The summed E-state index contributed by atoms with van der Waals surface area (Å²) in [5.41, 5.74) is 0.797. The lowest BCUT2D eigenvalue weighted by Crippen LogP contribution is -2.56. The topological polar surface area (TPSA) is 73.4 Å². The Morgan fingerprint density at radius 2 is 1.66 bits per heavy atom. The van der Waals surface area contributed by atoms with Gasteiger partial charge in [-0.25, -0.2) is 4.98 Å². The minimum absolute atomic E-state index is 0.0423. The van der Waals surface area contributed by atoms with E-state index in [1.54, 1.807) is 25.6 Å². The lowest BCUT2D eigenvalue weighted by Gasteiger charge is -2.38. The second kappa shape index (κ2) is 8.38. The van der Waals surface area contributed by atoms with Crippen LogP contribution in [0.3, 0.4) is 0 Å². The highest BCUT2D eigenvalue weighted by molar-refractivity contribution is 7.22. The van der Waals surface area contributed by atoms with Crippen LogP contribution < -0.4 is 23.8 Å². The van der Waals surface area contributed by atoms with Crippen LogP contribution in [0.2, 0.25) is 0 Å². The Labute approximate surface area is 190 Å². The van der Waals surface area contributed by atoms with E-state index in [2.05, 4.69) is 4.90 Å². The average molecular weight is 456 g/mol. The largest absolute Gasteiger partial charge is 0.495 e. The Morgan fingerprint density at radius 1 is 1.00 bits per heavy atom. The molecule has 1 fully saturated rings. The van der Waals surface area contributed by atoms with E-state index in [-0.39, 0.29) is 12.0 Å². The predicted octanol–water partition coefficient (Wildman–Crippen LogP) is 3.19. The van der Waals surface area contributed by atoms with Crippen LogP contribution in [0.15, 0.2) is 36.4 Å². The number of hydrogen-bond acceptors (Lipinski definition) is 8. The molecule has 32 heavy (non-hydrogen) atoms. The van der Waals surface area contributed by atoms with E-state index in [1.165, 1.54) is 0 Å². The Kier molecular flexibility index (Phi) is 5.42. The van der Waals surface area contributed by atoms with Gasteiger partial charge in [-0.3, -0.25) is 4.79 Å². The summed E-state index contributed by atoms with van der Waals surface area (Å²) in [4.78, 5) is 22.0. The van der Waals surface area contributed by atoms with Crippen LogP contribution in [0.4, 0.5) is 5.13 Å². The van der Waals surface area contributed by atoms with Crippen molar-refractivity contribution in [1.82, 2.24) is 9.88 Å². The van der Waals surface area contributed by atoms with Crippen LogP contribution in [0.1, 0.15) is 6.92 Å². The molecule has 2 aromatic carbocycles. The van der Waals surface area contributed by atoms with Crippen molar-refractivity contribution >= 4 is 32.6 Å². The van der Waals surface area contributed by atoms with Crippen LogP contribution in [0.25, 0.3) is 10.2 Å². The zero-order valence-electron chi connectivity index (χ0n) is 18.2. The van der Waals surface area contributed by atoms with E-state index >= 15 is 0 Å². The molecule has 9 heteroatoms. The molecule has 0 radical (unpaired) electrons. The fourth-order valence-corrected chi connectivity index (χ4v) is 5.22. The highest BCUT2D eigenvalue weighted by atomic mass is 32.1. The molecular weight excluding hydrogens is 430 g/mol. The molecule has 0 N–H and O–H groups in total. The monoisotopic (exact) mass is 455 g/mol. The maximum atomic E-state index is 13.2. The fourth-order valence-electron chi connectivity index (χ4n) is 4.10. The molecule has 2 atom stereocenters. The van der Waals surface area contributed by atoms with E-state index in [0.717, 1.165) is 26.8 Å². The van der Waals surface area contributed by atoms with E-state index in [4.69, 9.17) is 23.9 Å². The second-order valence-electron chi connectivity index (χ2n) is 7.76. The van der Waals surface area contributed by atoms with E-state index in [9.17, 15) is 4.79 Å². The van der Waals surface area contributed by atoms with Gasteiger partial charge in [0.05, 0.1) is 14.2 Å². The molecule has 1 saturated heterocycles. The van der Waals surface area contributed by atoms with Crippen molar-refractivity contribution in [3.63, 3.8) is 0 Å². The van der Waals surface area contributed by atoms with Crippen LogP contribution >= 0.6 is 11.3 Å². The molecule has 0 saturated carbocycles. The van der Waals surface area contributed by atoms with Gasteiger partial charge in [0.1, 0.15) is 27.8 Å². The number of aromatic nitrogens is 1. The van der Waals surface area contributed by atoms with Gasteiger partial charge in [0.2, 0.25) is 6.10 Å². The molecule has 3 heterocycles. The maximum absolute atomic E-state index is 13.2. The number of ether oxygens (including phenoxy) is 4. The fraction of sp³-hybridized carbons (Fsp3) is 0.391. The summed E-state index contributed by atoms with van der Waals surface area (Å²) in [6, 6.07) is 11.2. The number of para-hydroxylation sites is 2. The minimum Gasteiger partial charge on any atom is -0.495 e. The first-order valence-electron chi connectivity index (χ1n) is 10.6. The maximum Gasteiger partial charge on any atom is 0.267 e. The number of methoxy groups -OCH3 is 2. The number of carbonyl (C=O) groups excluding carboxylic acids is 1. The summed E-state index contributed by atoms with van der Waals surface area (Å²) in [6.45, 7) is 4.44. The summed E-state index contributed by atoms with van der Waals surface area (Å²) in [6.07, 6.45) is -0.993. The lowest BCUT2D eigenvalue weighted by molar-refractivity contribution is -0.144. The first-order chi connectivity index (χ1) is 15.6. The number of amides is 1. The average Bonchev–Trinajstić information content (AvgIpc) is 3.28. The Bertz CT molecular complexity index is 1100. The molecule has 2 unspecified atom stereocenters. The van der Waals surface area contributed by atoms with Gasteiger partial charge < -0.3 is 28.7 Å². The molecule has 168 valence electrons. The van der Waals surface area contributed by atoms with Crippen molar-refractivity contribution in [2.24, 2.45) is 0 Å². The molecule has 1 amide bonds. The molecule has 0 spiro atoms. The number of anilines is 1. The lowest BCUT2D eigenvalue weighted by atomic mass is 10.1. The molecule has 0 aliphatic carbocycles. The number of hydrogen-bond donors (Lipinski definition) is 0. The molecule has 2 aliphatic rings. The number of thiazole rings is 1. The van der Waals surface area contributed by atoms with E-state index in [1.807, 2.05) is 48.2 Å². The third-order valence-electron chi connectivity index (χ3n) is 5.85. The molecule has 5 rings (SSSR count). The number of fused-ring (bicyclic) bond motifs is 2. The van der Waals surface area contributed by atoms with E-state index in [0.29, 0.717) is 37.7 Å². The minimum atomic E-state index is -0.646. The standard InChI is InChI=1S/C23H25N3O5S/c1-14-20(31-16-7-5-4-6-15(16)30-14)22(27)25-10-12-26(13-11-25)23-24-19-17(28-2)8-9-18(29-3)21(19)32-23/h4-9,14,20H,10-13H2,1-3H3. The quantitative estimate of drug-likeness (QED) is 0.598. The predicted molar refractivity (Wildman–Crippen MR) is 122 cm³/mol. The Balaban J connectivity index is 1.29. The van der Waals surface area contributed by atoms with Crippen molar-refractivity contribution in [3.8, 4) is 23.0 Å². The Hall–Kier alpha value is -3.20. The third-order valence-corrected chi connectivity index (χ3v) is 6.98. The van der Waals surface area contributed by atoms with Crippen molar-refractivity contribution < 1.29 is 23.7 Å². The number of benzene rings is 2. The highest BCUT2D eigenvalue weighted by Gasteiger charge is 2.38. The number of rotatable bonds is 4. The van der Waals surface area contributed by atoms with Crippen LogP contribution in [-0.2, 0) is 4.79 Å². The van der Waals surface area contributed by atoms with Crippen molar-refractivity contribution in [3.05, 3.63) is 36.4 Å². The first-order valence-corrected chi connectivity index (χ1v) is 11.4. The number of carbonyl (C=O) groups is 1. The number of piperazine rings is 1. The second-order valence-corrected chi connectivity index (χ2v) is 8.74. The zero-order valence-corrected chi connectivity index (χ0v) is 19.1. The molecular formula is C23H25N3O5S. The normalized spacial score (nSPS) is 20.3. The highest BCUT2D eigenvalue weighted by Crippen LogP contribution is 2.40. The van der Waals surface area contributed by atoms with Crippen molar-refractivity contribution in [2.45, 2.75) is 19.1 Å².